The zero-order valence-corrected chi connectivity index (χ0v) is 18.5. The normalized spacial score (nSPS) is 19.1. The Bertz CT molecular complexity index is 1120. The van der Waals surface area contributed by atoms with Gasteiger partial charge in [-0.25, -0.2) is 9.67 Å². The second-order valence-electron chi connectivity index (χ2n) is 7.39. The van der Waals surface area contributed by atoms with Crippen molar-refractivity contribution in [1.82, 2.24) is 29.5 Å². The number of aryl methyl sites for hydroxylation is 1. The molecule has 0 aliphatic carbocycles. The van der Waals surface area contributed by atoms with Crippen LogP contribution >= 0.6 is 23.2 Å². The van der Waals surface area contributed by atoms with Gasteiger partial charge in [-0.3, -0.25) is 14.8 Å². The summed E-state index contributed by atoms with van der Waals surface area (Å²) in [6.07, 6.45) is 3.60. The molecule has 11 nitrogen and oxygen atoms in total. The molecule has 3 aromatic rings. The number of halogens is 2. The molecule has 1 fully saturated rings. The molecule has 2 unspecified atom stereocenters. The van der Waals surface area contributed by atoms with Crippen LogP contribution in [0.5, 0.6) is 5.88 Å². The molecule has 3 aromatic heterocycles. The predicted molar refractivity (Wildman–Crippen MR) is 113 cm³/mol. The summed E-state index contributed by atoms with van der Waals surface area (Å²) in [6.45, 7) is 4.92. The molecular formula is C18H21Cl2N7O4. The maximum absolute atomic E-state index is 11.6. The summed E-state index contributed by atoms with van der Waals surface area (Å²) in [4.78, 5) is 19.2. The average Bonchev–Trinajstić information content (AvgIpc) is 3.21. The van der Waals surface area contributed by atoms with Crippen LogP contribution in [-0.2, 0) is 11.3 Å². The first-order chi connectivity index (χ1) is 14.8. The molecular weight excluding hydrogens is 449 g/mol. The highest BCUT2D eigenvalue weighted by Gasteiger charge is 2.31. The maximum Gasteiger partial charge on any atom is 0.352 e. The van der Waals surface area contributed by atoms with Crippen LogP contribution in [0.15, 0.2) is 6.20 Å². The molecule has 4 heterocycles. The fraction of sp³-hybridized carbons (Fsp3) is 0.556. The molecule has 31 heavy (non-hydrogen) atoms. The van der Waals surface area contributed by atoms with Crippen molar-refractivity contribution in [2.45, 2.75) is 51.8 Å². The van der Waals surface area contributed by atoms with Crippen molar-refractivity contribution in [1.29, 1.82) is 0 Å². The second-order valence-corrected chi connectivity index (χ2v) is 8.09. The van der Waals surface area contributed by atoms with Gasteiger partial charge in [-0.1, -0.05) is 11.6 Å². The Morgan fingerprint density at radius 1 is 1.39 bits per heavy atom. The van der Waals surface area contributed by atoms with Crippen molar-refractivity contribution in [3.05, 3.63) is 32.4 Å². The van der Waals surface area contributed by atoms with Crippen molar-refractivity contribution in [2.24, 2.45) is 0 Å². The summed E-state index contributed by atoms with van der Waals surface area (Å²) < 4.78 is 14.6. The van der Waals surface area contributed by atoms with Gasteiger partial charge in [-0.2, -0.15) is 10.1 Å². The number of nitrogens with zero attached hydrogens (tertiary/aromatic N) is 7. The highest BCUT2D eigenvalue weighted by Crippen LogP contribution is 2.35. The molecule has 1 saturated heterocycles. The smallest absolute Gasteiger partial charge is 0.352 e. The number of nitro groups is 1. The van der Waals surface area contributed by atoms with Gasteiger partial charge >= 0.3 is 11.6 Å². The molecule has 0 amide bonds. The third kappa shape index (κ3) is 4.43. The first-order valence-electron chi connectivity index (χ1n) is 9.87. The Kier molecular flexibility index (Phi) is 6.26. The number of hydrogen-bond acceptors (Lipinski definition) is 8. The van der Waals surface area contributed by atoms with Gasteiger partial charge in [0.15, 0.2) is 10.8 Å². The molecule has 1 aliphatic rings. The average molecular weight is 470 g/mol. The largest absolute Gasteiger partial charge is 0.472 e. The van der Waals surface area contributed by atoms with Gasteiger partial charge in [-0.15, -0.1) is 5.10 Å². The van der Waals surface area contributed by atoms with Crippen LogP contribution < -0.4 is 4.74 Å². The fourth-order valence-electron chi connectivity index (χ4n) is 3.78. The lowest BCUT2D eigenvalue weighted by molar-refractivity contribution is -0.386. The van der Waals surface area contributed by atoms with E-state index in [9.17, 15) is 10.1 Å². The minimum Gasteiger partial charge on any atom is -0.472 e. The van der Waals surface area contributed by atoms with E-state index in [1.54, 1.807) is 16.3 Å². The van der Waals surface area contributed by atoms with Gasteiger partial charge in [0.05, 0.1) is 29.1 Å². The molecule has 13 heteroatoms. The van der Waals surface area contributed by atoms with Gasteiger partial charge in [0.2, 0.25) is 5.28 Å². The van der Waals surface area contributed by atoms with Crippen LogP contribution in [0.3, 0.4) is 0 Å². The van der Waals surface area contributed by atoms with Crippen LogP contribution in [0, 0.1) is 17.0 Å². The van der Waals surface area contributed by atoms with E-state index in [-0.39, 0.29) is 40.8 Å². The molecule has 0 saturated carbocycles. The Morgan fingerprint density at radius 2 is 2.19 bits per heavy atom. The van der Waals surface area contributed by atoms with Crippen LogP contribution in [0.2, 0.25) is 10.4 Å². The molecule has 1 aliphatic heterocycles. The molecule has 0 aromatic carbocycles. The zero-order valence-electron chi connectivity index (χ0n) is 17.0. The molecule has 2 atom stereocenters. The van der Waals surface area contributed by atoms with E-state index in [1.165, 1.54) is 6.20 Å². The van der Waals surface area contributed by atoms with Crippen molar-refractivity contribution < 1.29 is 14.4 Å². The summed E-state index contributed by atoms with van der Waals surface area (Å²) in [5.41, 5.74) is 0.895. The predicted octanol–water partition coefficient (Wildman–Crippen LogP) is 3.76. The van der Waals surface area contributed by atoms with Crippen molar-refractivity contribution in [3.8, 4) is 5.88 Å². The summed E-state index contributed by atoms with van der Waals surface area (Å²) in [6, 6.07) is 0.0433. The van der Waals surface area contributed by atoms with Gasteiger partial charge in [0.1, 0.15) is 5.69 Å². The van der Waals surface area contributed by atoms with E-state index in [0.29, 0.717) is 36.3 Å². The Morgan fingerprint density at radius 3 is 2.94 bits per heavy atom. The number of fused-ring (bicyclic) bond motifs is 1. The standard InChI is InChI=1S/C18H21Cl2N7O4/c1-10-8-12(4-7-30-10)26-11(2)14(27(28)29)17(24-26)31-6-3-5-25-16-13(15(19)23-25)9-21-18(20)22-16/h9-10,12H,3-8H2,1-2H3. The van der Waals surface area contributed by atoms with E-state index in [4.69, 9.17) is 32.7 Å². The molecule has 0 bridgehead atoms. The van der Waals surface area contributed by atoms with Crippen LogP contribution in [0.4, 0.5) is 5.69 Å². The quantitative estimate of drug-likeness (QED) is 0.221. The first kappa shape index (κ1) is 21.7. The highest BCUT2D eigenvalue weighted by molar-refractivity contribution is 6.34. The first-order valence-corrected chi connectivity index (χ1v) is 10.6. The molecule has 4 rings (SSSR count). The van der Waals surface area contributed by atoms with Gasteiger partial charge < -0.3 is 9.47 Å². The third-order valence-corrected chi connectivity index (χ3v) is 5.70. The van der Waals surface area contributed by atoms with Crippen LogP contribution in [-0.4, -0.2) is 53.8 Å². The topological polar surface area (TPSA) is 123 Å². The van der Waals surface area contributed by atoms with E-state index < -0.39 is 4.92 Å². The summed E-state index contributed by atoms with van der Waals surface area (Å²) in [5, 5.41) is 21.3. The lowest BCUT2D eigenvalue weighted by atomic mass is 10.0. The number of aromatic nitrogens is 6. The van der Waals surface area contributed by atoms with Gasteiger partial charge in [0.25, 0.3) is 0 Å². The summed E-state index contributed by atoms with van der Waals surface area (Å²) in [7, 11) is 0. The van der Waals surface area contributed by atoms with Crippen molar-refractivity contribution in [3.63, 3.8) is 0 Å². The third-order valence-electron chi connectivity index (χ3n) is 5.24. The number of ether oxygens (including phenoxy) is 2. The fourth-order valence-corrected chi connectivity index (χ4v) is 4.14. The van der Waals surface area contributed by atoms with E-state index in [0.717, 1.165) is 12.8 Å². The number of rotatable bonds is 7. The van der Waals surface area contributed by atoms with Crippen LogP contribution in [0.1, 0.15) is 37.9 Å². The maximum atomic E-state index is 11.6. The van der Waals surface area contributed by atoms with Crippen molar-refractivity contribution >= 4 is 39.9 Å². The lowest BCUT2D eigenvalue weighted by Crippen LogP contribution is -2.26. The molecule has 0 radical (unpaired) electrons. The molecule has 166 valence electrons. The second kappa shape index (κ2) is 8.93. The number of hydrogen-bond donors (Lipinski definition) is 0. The van der Waals surface area contributed by atoms with Gasteiger partial charge in [0, 0.05) is 25.8 Å². The monoisotopic (exact) mass is 469 g/mol. The van der Waals surface area contributed by atoms with Gasteiger partial charge in [-0.05, 0) is 38.3 Å². The summed E-state index contributed by atoms with van der Waals surface area (Å²) in [5.74, 6) is 0.0235. The minimum absolute atomic E-state index is 0.0235. The highest BCUT2D eigenvalue weighted by atomic mass is 35.5. The Labute approximate surface area is 187 Å². The molecule has 0 spiro atoms. The van der Waals surface area contributed by atoms with Crippen molar-refractivity contribution in [2.75, 3.05) is 13.2 Å². The SMILES string of the molecule is Cc1c([N+](=O)[O-])c(OCCCn2nc(Cl)c3cnc(Cl)nc32)nn1C1CCOC(C)C1. The van der Waals surface area contributed by atoms with Crippen LogP contribution in [0.25, 0.3) is 11.0 Å². The van der Waals surface area contributed by atoms with E-state index in [1.807, 2.05) is 6.92 Å². The zero-order chi connectivity index (χ0) is 22.1. The summed E-state index contributed by atoms with van der Waals surface area (Å²) >= 11 is 12.0. The van der Waals surface area contributed by atoms with E-state index in [2.05, 4.69) is 20.2 Å². The Balaban J connectivity index is 1.45. The van der Waals surface area contributed by atoms with E-state index >= 15 is 0 Å². The lowest BCUT2D eigenvalue weighted by Gasteiger charge is -2.27. The Hall–Kier alpha value is -2.50. The molecule has 0 N–H and O–H groups in total. The minimum atomic E-state index is -0.448.